The van der Waals surface area contributed by atoms with Crippen molar-refractivity contribution in [2.24, 2.45) is 0 Å². The molecule has 0 spiro atoms. The summed E-state index contributed by atoms with van der Waals surface area (Å²) in [6.45, 7) is 2.77. The molecule has 3 rings (SSSR count). The van der Waals surface area contributed by atoms with E-state index in [-0.39, 0.29) is 5.56 Å². The predicted octanol–water partition coefficient (Wildman–Crippen LogP) is 2.96. The Bertz CT molecular complexity index is 774. The summed E-state index contributed by atoms with van der Waals surface area (Å²) in [5.74, 6) is 0. The average molecular weight is 238 g/mol. The van der Waals surface area contributed by atoms with E-state index in [0.717, 1.165) is 22.7 Å². The third kappa shape index (κ3) is 1.59. The topological polar surface area (TPSA) is 34.9 Å². The molecule has 90 valence electrons. The highest BCUT2D eigenvalue weighted by Crippen LogP contribution is 2.20. The maximum absolute atomic E-state index is 12.3. The molecule has 18 heavy (non-hydrogen) atoms. The van der Waals surface area contributed by atoms with Crippen molar-refractivity contribution in [2.45, 2.75) is 19.9 Å². The van der Waals surface area contributed by atoms with Gasteiger partial charge in [-0.15, -0.1) is 0 Å². The van der Waals surface area contributed by atoms with E-state index in [1.165, 1.54) is 0 Å². The molecule has 0 unspecified atom stereocenters. The van der Waals surface area contributed by atoms with Crippen LogP contribution < -0.4 is 5.56 Å². The van der Waals surface area contributed by atoms with Gasteiger partial charge in [0.25, 0.3) is 5.56 Å². The van der Waals surface area contributed by atoms with Gasteiger partial charge < -0.3 is 0 Å². The lowest BCUT2D eigenvalue weighted by Gasteiger charge is -2.06. The van der Waals surface area contributed by atoms with E-state index >= 15 is 0 Å². The van der Waals surface area contributed by atoms with Crippen molar-refractivity contribution < 1.29 is 0 Å². The molecule has 1 aromatic heterocycles. The minimum absolute atomic E-state index is 0.0487. The summed E-state index contributed by atoms with van der Waals surface area (Å²) in [6, 6.07) is 11.9. The average Bonchev–Trinajstić information content (AvgIpc) is 2.42. The van der Waals surface area contributed by atoms with Crippen molar-refractivity contribution in [1.82, 2.24) is 9.55 Å². The summed E-state index contributed by atoms with van der Waals surface area (Å²) >= 11 is 0. The molecule has 2 aromatic carbocycles. The zero-order chi connectivity index (χ0) is 12.5. The van der Waals surface area contributed by atoms with Gasteiger partial charge in [0.05, 0.1) is 17.2 Å². The van der Waals surface area contributed by atoms with Gasteiger partial charge in [0.2, 0.25) is 0 Å². The van der Waals surface area contributed by atoms with Crippen LogP contribution in [0.25, 0.3) is 21.7 Å². The van der Waals surface area contributed by atoms with Gasteiger partial charge in [-0.25, -0.2) is 4.98 Å². The minimum Gasteiger partial charge on any atom is -0.299 e. The number of aryl methyl sites for hydroxylation is 1. The van der Waals surface area contributed by atoms with Gasteiger partial charge in [-0.2, -0.15) is 0 Å². The van der Waals surface area contributed by atoms with Crippen molar-refractivity contribution >= 4 is 21.7 Å². The second-order valence-corrected chi connectivity index (χ2v) is 4.43. The Hall–Kier alpha value is -2.16. The lowest BCUT2D eigenvalue weighted by Crippen LogP contribution is -2.20. The van der Waals surface area contributed by atoms with Crippen LogP contribution in [0, 0.1) is 0 Å². The molecule has 0 aliphatic rings. The Labute approximate surface area is 105 Å². The second-order valence-electron chi connectivity index (χ2n) is 4.43. The van der Waals surface area contributed by atoms with Gasteiger partial charge in [-0.3, -0.25) is 9.36 Å². The SMILES string of the molecule is CCCn1cnc2c(ccc3ccccc32)c1=O. The summed E-state index contributed by atoms with van der Waals surface area (Å²) in [6.07, 6.45) is 2.58. The number of hydrogen-bond donors (Lipinski definition) is 0. The first-order valence-corrected chi connectivity index (χ1v) is 6.18. The maximum atomic E-state index is 12.3. The van der Waals surface area contributed by atoms with Crippen LogP contribution in [0.4, 0.5) is 0 Å². The molecule has 0 saturated carbocycles. The van der Waals surface area contributed by atoms with E-state index in [4.69, 9.17) is 0 Å². The van der Waals surface area contributed by atoms with Crippen molar-refractivity contribution in [3.63, 3.8) is 0 Å². The maximum Gasteiger partial charge on any atom is 0.261 e. The summed E-state index contributed by atoms with van der Waals surface area (Å²) in [5.41, 5.74) is 0.845. The molecule has 0 amide bonds. The minimum atomic E-state index is 0.0487. The number of aromatic nitrogens is 2. The third-order valence-corrected chi connectivity index (χ3v) is 3.18. The predicted molar refractivity (Wildman–Crippen MR) is 73.8 cm³/mol. The molecule has 3 heteroatoms. The van der Waals surface area contributed by atoms with Gasteiger partial charge in [0.15, 0.2) is 0 Å². The largest absolute Gasteiger partial charge is 0.299 e. The fourth-order valence-corrected chi connectivity index (χ4v) is 2.30. The molecule has 3 aromatic rings. The molecular weight excluding hydrogens is 224 g/mol. The summed E-state index contributed by atoms with van der Waals surface area (Å²) in [7, 11) is 0. The van der Waals surface area contributed by atoms with Crippen molar-refractivity contribution in [1.29, 1.82) is 0 Å². The van der Waals surface area contributed by atoms with E-state index in [9.17, 15) is 4.79 Å². The molecule has 0 radical (unpaired) electrons. The Kier molecular flexibility index (Phi) is 2.59. The number of nitrogens with zero attached hydrogens (tertiary/aromatic N) is 2. The second kappa shape index (κ2) is 4.26. The van der Waals surface area contributed by atoms with Crippen LogP contribution in [0.1, 0.15) is 13.3 Å². The smallest absolute Gasteiger partial charge is 0.261 e. The summed E-state index contributed by atoms with van der Waals surface area (Å²) in [4.78, 5) is 16.7. The quantitative estimate of drug-likeness (QED) is 0.643. The normalized spacial score (nSPS) is 11.2. The summed E-state index contributed by atoms with van der Waals surface area (Å²) < 4.78 is 1.68. The molecule has 0 atom stereocenters. The fourth-order valence-electron chi connectivity index (χ4n) is 2.30. The van der Waals surface area contributed by atoms with Crippen LogP contribution in [0.2, 0.25) is 0 Å². The fraction of sp³-hybridized carbons (Fsp3) is 0.200. The highest BCUT2D eigenvalue weighted by molar-refractivity contribution is 6.04. The molecule has 0 saturated heterocycles. The van der Waals surface area contributed by atoms with E-state index in [1.807, 2.05) is 36.4 Å². The van der Waals surface area contributed by atoms with Gasteiger partial charge in [-0.05, 0) is 17.9 Å². The lowest BCUT2D eigenvalue weighted by molar-refractivity contribution is 0.648. The highest BCUT2D eigenvalue weighted by atomic mass is 16.1. The van der Waals surface area contributed by atoms with E-state index in [2.05, 4.69) is 11.9 Å². The standard InChI is InChI=1S/C15H14N2O/c1-2-9-17-10-16-14-12-6-4-3-5-11(12)7-8-13(14)15(17)18/h3-8,10H,2,9H2,1H3. The first-order valence-electron chi connectivity index (χ1n) is 6.18. The van der Waals surface area contributed by atoms with Crippen molar-refractivity contribution in [2.75, 3.05) is 0 Å². The molecule has 0 bridgehead atoms. The van der Waals surface area contributed by atoms with Gasteiger partial charge >= 0.3 is 0 Å². The number of fused-ring (bicyclic) bond motifs is 3. The van der Waals surface area contributed by atoms with E-state index < -0.39 is 0 Å². The number of hydrogen-bond acceptors (Lipinski definition) is 2. The monoisotopic (exact) mass is 238 g/mol. The van der Waals surface area contributed by atoms with Gasteiger partial charge in [0.1, 0.15) is 0 Å². The van der Waals surface area contributed by atoms with Crippen LogP contribution in [-0.2, 0) is 6.54 Å². The molecule has 1 heterocycles. The van der Waals surface area contributed by atoms with E-state index in [1.54, 1.807) is 10.9 Å². The Balaban J connectivity index is 2.41. The first kappa shape index (κ1) is 11.0. The number of rotatable bonds is 2. The summed E-state index contributed by atoms with van der Waals surface area (Å²) in [5, 5.41) is 2.85. The van der Waals surface area contributed by atoms with Crippen LogP contribution in [-0.4, -0.2) is 9.55 Å². The molecule has 0 fully saturated rings. The molecule has 0 aliphatic heterocycles. The lowest BCUT2D eigenvalue weighted by atomic mass is 10.1. The first-order chi connectivity index (χ1) is 8.81. The van der Waals surface area contributed by atoms with Gasteiger partial charge in [0, 0.05) is 11.9 Å². The molecule has 0 aliphatic carbocycles. The Morgan fingerprint density at radius 3 is 2.78 bits per heavy atom. The van der Waals surface area contributed by atoms with Crippen molar-refractivity contribution in [3.05, 3.63) is 53.1 Å². The van der Waals surface area contributed by atoms with E-state index in [0.29, 0.717) is 11.9 Å². The van der Waals surface area contributed by atoms with Gasteiger partial charge in [-0.1, -0.05) is 37.3 Å². The van der Waals surface area contributed by atoms with Crippen molar-refractivity contribution in [3.8, 4) is 0 Å². The Morgan fingerprint density at radius 1 is 1.11 bits per heavy atom. The van der Waals surface area contributed by atoms with Crippen LogP contribution in [0.3, 0.4) is 0 Å². The number of benzene rings is 2. The molecule has 3 nitrogen and oxygen atoms in total. The highest BCUT2D eigenvalue weighted by Gasteiger charge is 2.06. The molecule has 0 N–H and O–H groups in total. The Morgan fingerprint density at radius 2 is 1.94 bits per heavy atom. The zero-order valence-electron chi connectivity index (χ0n) is 10.3. The van der Waals surface area contributed by atoms with Crippen LogP contribution in [0.15, 0.2) is 47.5 Å². The zero-order valence-corrected chi connectivity index (χ0v) is 10.3. The third-order valence-electron chi connectivity index (χ3n) is 3.18. The van der Waals surface area contributed by atoms with Crippen LogP contribution in [0.5, 0.6) is 0 Å². The molecular formula is C15H14N2O. The van der Waals surface area contributed by atoms with Crippen LogP contribution >= 0.6 is 0 Å².